The number of benzene rings is 1. The van der Waals surface area contributed by atoms with Crippen molar-refractivity contribution in [3.8, 4) is 0 Å². The van der Waals surface area contributed by atoms with E-state index in [1.54, 1.807) is 0 Å². The van der Waals surface area contributed by atoms with E-state index >= 15 is 0 Å². The van der Waals surface area contributed by atoms with Gasteiger partial charge in [0.2, 0.25) is 0 Å². The third-order valence-electron chi connectivity index (χ3n) is 3.47. The molecule has 98 valence electrons. The second-order valence-electron chi connectivity index (χ2n) is 4.79. The first-order valence-corrected chi connectivity index (χ1v) is 6.37. The summed E-state index contributed by atoms with van der Waals surface area (Å²) in [6, 6.07) is 10.3. The van der Waals surface area contributed by atoms with Crippen LogP contribution in [-0.4, -0.2) is 9.55 Å². The Morgan fingerprint density at radius 3 is 2.74 bits per heavy atom. The topological polar surface area (TPSA) is 57.0 Å². The molecule has 3 rings (SSSR count). The molecule has 0 aliphatic carbocycles. The van der Waals surface area contributed by atoms with Gasteiger partial charge in [-0.05, 0) is 36.8 Å². The molecule has 0 fully saturated rings. The molecule has 4 heteroatoms. The fraction of sp³-hybridized carbons (Fsp3) is 0.267. The van der Waals surface area contributed by atoms with E-state index in [9.17, 15) is 0 Å². The zero-order chi connectivity index (χ0) is 13.4. The van der Waals surface area contributed by atoms with Gasteiger partial charge in [-0.3, -0.25) is 0 Å². The lowest BCUT2D eigenvalue weighted by Gasteiger charge is -2.00. The van der Waals surface area contributed by atoms with Crippen molar-refractivity contribution in [3.63, 3.8) is 0 Å². The molecule has 2 aromatic heterocycles. The number of imidazole rings is 1. The summed E-state index contributed by atoms with van der Waals surface area (Å²) in [5.41, 5.74) is 8.93. The van der Waals surface area contributed by atoms with E-state index in [1.807, 2.05) is 26.1 Å². The molecule has 19 heavy (non-hydrogen) atoms. The molecule has 1 aromatic carbocycles. The fourth-order valence-electron chi connectivity index (χ4n) is 2.30. The van der Waals surface area contributed by atoms with Gasteiger partial charge in [0.25, 0.3) is 0 Å². The Balaban J connectivity index is 1.92. The van der Waals surface area contributed by atoms with Gasteiger partial charge in [-0.1, -0.05) is 6.07 Å². The highest BCUT2D eigenvalue weighted by Crippen LogP contribution is 2.19. The Labute approximate surface area is 111 Å². The van der Waals surface area contributed by atoms with Crippen molar-refractivity contribution < 1.29 is 4.42 Å². The van der Waals surface area contributed by atoms with Gasteiger partial charge in [0.05, 0.1) is 17.6 Å². The average Bonchev–Trinajstić information content (AvgIpc) is 2.96. The molecule has 0 atom stereocenters. The van der Waals surface area contributed by atoms with Crippen LogP contribution < -0.4 is 5.73 Å². The van der Waals surface area contributed by atoms with Gasteiger partial charge in [0.15, 0.2) is 0 Å². The van der Waals surface area contributed by atoms with Gasteiger partial charge in [-0.2, -0.15) is 0 Å². The highest BCUT2D eigenvalue weighted by Gasteiger charge is 2.07. The number of fused-ring (bicyclic) bond motifs is 1. The summed E-state index contributed by atoms with van der Waals surface area (Å²) in [7, 11) is 2.03. The molecule has 0 amide bonds. The predicted octanol–water partition coefficient (Wildman–Crippen LogP) is 2.52. The van der Waals surface area contributed by atoms with Gasteiger partial charge in [-0.25, -0.2) is 4.98 Å². The molecule has 0 saturated carbocycles. The van der Waals surface area contributed by atoms with Gasteiger partial charge in [0, 0.05) is 13.5 Å². The Morgan fingerprint density at radius 2 is 2.00 bits per heavy atom. The lowest BCUT2D eigenvalue weighted by molar-refractivity contribution is 0.475. The Morgan fingerprint density at radius 1 is 1.21 bits per heavy atom. The molecule has 0 unspecified atom stereocenters. The molecule has 0 bridgehead atoms. The third kappa shape index (κ3) is 2.15. The molecule has 4 nitrogen and oxygen atoms in total. The number of aryl methyl sites for hydroxylation is 2. The number of rotatable bonds is 3. The fourth-order valence-corrected chi connectivity index (χ4v) is 2.30. The molecule has 0 radical (unpaired) electrons. The maximum Gasteiger partial charge on any atom is 0.117 e. The first-order chi connectivity index (χ1) is 9.17. The number of nitrogens with zero attached hydrogens (tertiary/aromatic N) is 2. The summed E-state index contributed by atoms with van der Waals surface area (Å²) in [5.74, 6) is 2.78. The number of nitrogens with two attached hydrogens (primary N) is 1. The van der Waals surface area contributed by atoms with Crippen molar-refractivity contribution in [1.29, 1.82) is 0 Å². The SMILES string of the molecule is Cc1nc2cc(Cc3ccc(CN)o3)ccc2n1C. The summed E-state index contributed by atoms with van der Waals surface area (Å²) >= 11 is 0. The van der Waals surface area contributed by atoms with Crippen molar-refractivity contribution in [2.45, 2.75) is 19.9 Å². The Kier molecular flexibility index (Phi) is 2.87. The standard InChI is InChI=1S/C15H17N3O/c1-10-17-14-8-11(3-6-15(14)18(10)2)7-12-4-5-13(9-16)19-12/h3-6,8H,7,9,16H2,1-2H3. The summed E-state index contributed by atoms with van der Waals surface area (Å²) in [4.78, 5) is 4.55. The maximum absolute atomic E-state index is 5.63. The first-order valence-electron chi connectivity index (χ1n) is 6.37. The van der Waals surface area contributed by atoms with E-state index < -0.39 is 0 Å². The molecular formula is C15H17N3O. The number of hydrogen-bond acceptors (Lipinski definition) is 3. The summed E-state index contributed by atoms with van der Waals surface area (Å²) in [6.07, 6.45) is 0.769. The zero-order valence-electron chi connectivity index (χ0n) is 11.2. The lowest BCUT2D eigenvalue weighted by atomic mass is 10.1. The van der Waals surface area contributed by atoms with Crippen LogP contribution in [0.5, 0.6) is 0 Å². The smallest absolute Gasteiger partial charge is 0.117 e. The second-order valence-corrected chi connectivity index (χ2v) is 4.79. The van der Waals surface area contributed by atoms with Crippen LogP contribution in [0, 0.1) is 6.92 Å². The van der Waals surface area contributed by atoms with Crippen LogP contribution in [-0.2, 0) is 20.0 Å². The second kappa shape index (κ2) is 4.55. The average molecular weight is 255 g/mol. The van der Waals surface area contributed by atoms with Crippen LogP contribution in [0.15, 0.2) is 34.7 Å². The highest BCUT2D eigenvalue weighted by molar-refractivity contribution is 5.76. The molecule has 2 N–H and O–H groups in total. The first kappa shape index (κ1) is 12.0. The minimum atomic E-state index is 0.443. The van der Waals surface area contributed by atoms with Crippen molar-refractivity contribution >= 4 is 11.0 Å². The van der Waals surface area contributed by atoms with E-state index in [-0.39, 0.29) is 0 Å². The van der Waals surface area contributed by atoms with Crippen LogP contribution in [0.25, 0.3) is 11.0 Å². The van der Waals surface area contributed by atoms with Gasteiger partial charge in [0.1, 0.15) is 17.3 Å². The molecule has 0 aliphatic heterocycles. The van der Waals surface area contributed by atoms with Crippen LogP contribution in [0.2, 0.25) is 0 Å². The monoisotopic (exact) mass is 255 g/mol. The number of aromatic nitrogens is 2. The van der Waals surface area contributed by atoms with Crippen molar-refractivity contribution in [1.82, 2.24) is 9.55 Å². The minimum absolute atomic E-state index is 0.443. The summed E-state index contributed by atoms with van der Waals surface area (Å²) < 4.78 is 7.72. The van der Waals surface area contributed by atoms with Crippen LogP contribution in [0.3, 0.4) is 0 Å². The van der Waals surface area contributed by atoms with E-state index in [0.29, 0.717) is 6.54 Å². The quantitative estimate of drug-likeness (QED) is 0.782. The third-order valence-corrected chi connectivity index (χ3v) is 3.47. The van der Waals surface area contributed by atoms with Gasteiger partial charge < -0.3 is 14.7 Å². The molecule has 0 spiro atoms. The Hall–Kier alpha value is -2.07. The van der Waals surface area contributed by atoms with Gasteiger partial charge >= 0.3 is 0 Å². The number of hydrogen-bond donors (Lipinski definition) is 1. The molecule has 0 saturated heterocycles. The largest absolute Gasteiger partial charge is 0.464 e. The zero-order valence-corrected chi connectivity index (χ0v) is 11.2. The normalized spacial score (nSPS) is 11.3. The van der Waals surface area contributed by atoms with E-state index in [1.165, 1.54) is 5.56 Å². The molecule has 2 heterocycles. The molecule has 0 aliphatic rings. The van der Waals surface area contributed by atoms with Crippen LogP contribution >= 0.6 is 0 Å². The van der Waals surface area contributed by atoms with Crippen LogP contribution in [0.4, 0.5) is 0 Å². The van der Waals surface area contributed by atoms with Crippen molar-refractivity contribution in [2.24, 2.45) is 12.8 Å². The van der Waals surface area contributed by atoms with Gasteiger partial charge in [-0.15, -0.1) is 0 Å². The van der Waals surface area contributed by atoms with E-state index in [4.69, 9.17) is 10.2 Å². The molecular weight excluding hydrogens is 238 g/mol. The predicted molar refractivity (Wildman–Crippen MR) is 74.9 cm³/mol. The highest BCUT2D eigenvalue weighted by atomic mass is 16.3. The Bertz CT molecular complexity index is 724. The summed E-state index contributed by atoms with van der Waals surface area (Å²) in [6.45, 7) is 2.46. The summed E-state index contributed by atoms with van der Waals surface area (Å²) in [5, 5.41) is 0. The van der Waals surface area contributed by atoms with Crippen LogP contribution in [0.1, 0.15) is 22.9 Å². The molecule has 3 aromatic rings. The lowest BCUT2D eigenvalue weighted by Crippen LogP contribution is -1.93. The van der Waals surface area contributed by atoms with E-state index in [0.717, 1.165) is 34.8 Å². The minimum Gasteiger partial charge on any atom is -0.464 e. The van der Waals surface area contributed by atoms with Crippen molar-refractivity contribution in [3.05, 3.63) is 53.2 Å². The van der Waals surface area contributed by atoms with E-state index in [2.05, 4.69) is 27.8 Å². The van der Waals surface area contributed by atoms with Crippen molar-refractivity contribution in [2.75, 3.05) is 0 Å². The number of furan rings is 1. The maximum atomic E-state index is 5.63.